The standard InChI is InChI=1S/C28H24N4/c1-2-24(22-32-19-11-28(12-20-32)26-7-15-30-16-8-26)4-3-23(1)21-31-17-9-27(10-18-31)25-5-13-29-14-6-25/h1-20H,21-22H2/q+2. The molecule has 0 saturated carbocycles. The predicted octanol–water partition coefficient (Wildman–Crippen LogP) is 4.48. The van der Waals surface area contributed by atoms with Crippen molar-refractivity contribution in [2.24, 2.45) is 0 Å². The molecule has 32 heavy (non-hydrogen) atoms. The lowest BCUT2D eigenvalue weighted by molar-refractivity contribution is -0.688. The Hall–Kier alpha value is -4.18. The van der Waals surface area contributed by atoms with Gasteiger partial charge in [-0.1, -0.05) is 24.3 Å². The van der Waals surface area contributed by atoms with E-state index in [0.29, 0.717) is 0 Å². The smallest absolute Gasteiger partial charge is 0.173 e. The number of hydrogen-bond donors (Lipinski definition) is 0. The van der Waals surface area contributed by atoms with E-state index in [4.69, 9.17) is 0 Å². The van der Waals surface area contributed by atoms with Gasteiger partial charge in [-0.15, -0.1) is 0 Å². The molecule has 0 fully saturated rings. The Morgan fingerprint density at radius 1 is 0.406 bits per heavy atom. The van der Waals surface area contributed by atoms with Gasteiger partial charge in [-0.3, -0.25) is 9.97 Å². The molecule has 0 aliphatic heterocycles. The molecule has 0 unspecified atom stereocenters. The van der Waals surface area contributed by atoms with Gasteiger partial charge in [0.25, 0.3) is 0 Å². The minimum Gasteiger partial charge on any atom is -0.265 e. The molecule has 154 valence electrons. The summed E-state index contributed by atoms with van der Waals surface area (Å²) in [5.74, 6) is 0. The van der Waals surface area contributed by atoms with Gasteiger partial charge in [0.05, 0.1) is 0 Å². The Labute approximate surface area is 188 Å². The summed E-state index contributed by atoms with van der Waals surface area (Å²) in [6, 6.07) is 25.6. The van der Waals surface area contributed by atoms with Crippen molar-refractivity contribution in [3.63, 3.8) is 0 Å². The van der Waals surface area contributed by atoms with Crippen molar-refractivity contribution in [3.8, 4) is 22.3 Å². The molecule has 4 heteroatoms. The minimum atomic E-state index is 0.852. The summed E-state index contributed by atoms with van der Waals surface area (Å²) in [6.07, 6.45) is 15.8. The SMILES string of the molecule is c1cc(-c2cc[n+](Cc3ccc(C[n+]4ccc(-c5ccncc5)cc4)cc3)cc2)ccn1. The number of hydrogen-bond acceptors (Lipinski definition) is 2. The molecule has 0 amide bonds. The van der Waals surface area contributed by atoms with Crippen LogP contribution in [0, 0.1) is 0 Å². The molecule has 4 aromatic heterocycles. The first-order chi connectivity index (χ1) is 15.8. The van der Waals surface area contributed by atoms with E-state index in [1.165, 1.54) is 33.4 Å². The van der Waals surface area contributed by atoms with E-state index in [2.05, 4.69) is 92.4 Å². The third-order valence-electron chi connectivity index (χ3n) is 5.56. The Morgan fingerprint density at radius 2 is 0.719 bits per heavy atom. The van der Waals surface area contributed by atoms with Gasteiger partial charge in [0.15, 0.2) is 37.9 Å². The van der Waals surface area contributed by atoms with Gasteiger partial charge >= 0.3 is 0 Å². The molecule has 4 heterocycles. The lowest BCUT2D eigenvalue weighted by Gasteiger charge is -2.03. The first-order valence-corrected chi connectivity index (χ1v) is 10.7. The molecule has 0 aliphatic carbocycles. The molecule has 1 aromatic carbocycles. The Bertz CT molecular complexity index is 1160. The molecule has 0 saturated heterocycles. The Morgan fingerprint density at radius 3 is 1.06 bits per heavy atom. The van der Waals surface area contributed by atoms with Crippen LogP contribution >= 0.6 is 0 Å². The third-order valence-corrected chi connectivity index (χ3v) is 5.56. The van der Waals surface area contributed by atoms with Gasteiger partial charge in [0.2, 0.25) is 0 Å². The van der Waals surface area contributed by atoms with E-state index in [1.54, 1.807) is 0 Å². The summed E-state index contributed by atoms with van der Waals surface area (Å²) < 4.78 is 4.40. The zero-order chi connectivity index (χ0) is 21.6. The molecular formula is C28H24N4+2. The third kappa shape index (κ3) is 4.76. The first-order valence-electron chi connectivity index (χ1n) is 10.7. The van der Waals surface area contributed by atoms with E-state index >= 15 is 0 Å². The van der Waals surface area contributed by atoms with Crippen LogP contribution in [0.25, 0.3) is 22.3 Å². The summed E-state index contributed by atoms with van der Waals surface area (Å²) >= 11 is 0. The first kappa shape index (κ1) is 19.8. The van der Waals surface area contributed by atoms with Crippen molar-refractivity contribution in [1.29, 1.82) is 0 Å². The highest BCUT2D eigenvalue weighted by Gasteiger charge is 2.07. The molecule has 0 bridgehead atoms. The highest BCUT2D eigenvalue weighted by molar-refractivity contribution is 5.62. The maximum Gasteiger partial charge on any atom is 0.173 e. The second-order valence-electron chi connectivity index (χ2n) is 7.81. The van der Waals surface area contributed by atoms with E-state index in [1.807, 2.05) is 49.1 Å². The van der Waals surface area contributed by atoms with E-state index in [9.17, 15) is 0 Å². The highest BCUT2D eigenvalue weighted by atomic mass is 14.9. The topological polar surface area (TPSA) is 33.5 Å². The summed E-state index contributed by atoms with van der Waals surface area (Å²) in [4.78, 5) is 8.17. The number of pyridine rings is 4. The molecule has 0 atom stereocenters. The number of rotatable bonds is 6. The zero-order valence-electron chi connectivity index (χ0n) is 17.8. The maximum absolute atomic E-state index is 4.09. The van der Waals surface area contributed by atoms with Crippen LogP contribution in [0.1, 0.15) is 11.1 Å². The van der Waals surface area contributed by atoms with Gasteiger partial charge in [-0.2, -0.15) is 0 Å². The Balaban J connectivity index is 1.22. The average molecular weight is 417 g/mol. The fourth-order valence-corrected chi connectivity index (χ4v) is 3.77. The van der Waals surface area contributed by atoms with E-state index in [-0.39, 0.29) is 0 Å². The van der Waals surface area contributed by atoms with Crippen LogP contribution in [-0.2, 0) is 13.1 Å². The summed E-state index contributed by atoms with van der Waals surface area (Å²) in [5, 5.41) is 0. The Kier molecular flexibility index (Phi) is 5.75. The number of aromatic nitrogens is 4. The summed E-state index contributed by atoms with van der Waals surface area (Å²) in [6.45, 7) is 1.70. The molecule has 5 rings (SSSR count). The van der Waals surface area contributed by atoms with Crippen molar-refractivity contribution >= 4 is 0 Å². The summed E-state index contributed by atoms with van der Waals surface area (Å²) in [5.41, 5.74) is 7.34. The second kappa shape index (κ2) is 9.31. The molecule has 5 aromatic rings. The zero-order valence-corrected chi connectivity index (χ0v) is 17.8. The number of benzene rings is 1. The van der Waals surface area contributed by atoms with E-state index < -0.39 is 0 Å². The largest absolute Gasteiger partial charge is 0.265 e. The van der Waals surface area contributed by atoms with Crippen molar-refractivity contribution in [2.45, 2.75) is 13.1 Å². The quantitative estimate of drug-likeness (QED) is 0.383. The molecular weight excluding hydrogens is 392 g/mol. The molecule has 4 nitrogen and oxygen atoms in total. The normalized spacial score (nSPS) is 10.8. The lowest BCUT2D eigenvalue weighted by atomic mass is 10.1. The second-order valence-corrected chi connectivity index (χ2v) is 7.81. The molecule has 0 radical (unpaired) electrons. The predicted molar refractivity (Wildman–Crippen MR) is 124 cm³/mol. The van der Waals surface area contributed by atoms with Gasteiger partial charge in [-0.05, 0) is 46.5 Å². The van der Waals surface area contributed by atoms with Crippen LogP contribution in [0.3, 0.4) is 0 Å². The van der Waals surface area contributed by atoms with Gasteiger partial charge in [-0.25, -0.2) is 9.13 Å². The van der Waals surface area contributed by atoms with Gasteiger partial charge in [0.1, 0.15) is 0 Å². The lowest BCUT2D eigenvalue weighted by Crippen LogP contribution is -2.33. The van der Waals surface area contributed by atoms with Crippen LogP contribution in [0.2, 0.25) is 0 Å². The van der Waals surface area contributed by atoms with Crippen molar-refractivity contribution in [2.75, 3.05) is 0 Å². The van der Waals surface area contributed by atoms with E-state index in [0.717, 1.165) is 13.1 Å². The molecule has 0 N–H and O–H groups in total. The monoisotopic (exact) mass is 416 g/mol. The van der Waals surface area contributed by atoms with Crippen molar-refractivity contribution in [3.05, 3.63) is 133 Å². The number of nitrogens with zero attached hydrogens (tertiary/aromatic N) is 4. The van der Waals surface area contributed by atoms with Crippen molar-refractivity contribution in [1.82, 2.24) is 9.97 Å². The van der Waals surface area contributed by atoms with Gasteiger partial charge < -0.3 is 0 Å². The molecule has 0 spiro atoms. The van der Waals surface area contributed by atoms with Crippen LogP contribution in [-0.4, -0.2) is 9.97 Å². The van der Waals surface area contributed by atoms with Crippen molar-refractivity contribution < 1.29 is 9.13 Å². The highest BCUT2D eigenvalue weighted by Crippen LogP contribution is 2.17. The van der Waals surface area contributed by atoms with Crippen LogP contribution in [0.4, 0.5) is 0 Å². The molecule has 0 aliphatic rings. The van der Waals surface area contributed by atoms with Crippen LogP contribution in [0.15, 0.2) is 122 Å². The minimum absolute atomic E-state index is 0.852. The van der Waals surface area contributed by atoms with Crippen LogP contribution in [0.5, 0.6) is 0 Å². The average Bonchev–Trinajstić information content (AvgIpc) is 2.87. The van der Waals surface area contributed by atoms with Crippen LogP contribution < -0.4 is 9.13 Å². The fraction of sp³-hybridized carbons (Fsp3) is 0.0714. The van der Waals surface area contributed by atoms with Gasteiger partial charge in [0, 0.05) is 60.2 Å². The fourth-order valence-electron chi connectivity index (χ4n) is 3.77. The summed E-state index contributed by atoms with van der Waals surface area (Å²) in [7, 11) is 0. The maximum atomic E-state index is 4.09.